The summed E-state index contributed by atoms with van der Waals surface area (Å²) in [6.45, 7) is 0. The number of hydrogen-bond donors (Lipinski definition) is 2. The minimum absolute atomic E-state index is 0.266. The van der Waals surface area contributed by atoms with E-state index in [-0.39, 0.29) is 5.69 Å². The fourth-order valence-corrected chi connectivity index (χ4v) is 2.52. The predicted octanol–water partition coefficient (Wildman–Crippen LogP) is 1.31. The van der Waals surface area contributed by atoms with Crippen molar-refractivity contribution in [3.05, 3.63) is 60.2 Å². The van der Waals surface area contributed by atoms with E-state index in [1.54, 1.807) is 42.5 Å². The lowest BCUT2D eigenvalue weighted by molar-refractivity contribution is -0.131. The average Bonchev–Trinajstić information content (AvgIpc) is 2.71. The molecule has 0 saturated carbocycles. The first-order valence-corrected chi connectivity index (χ1v) is 8.22. The van der Waals surface area contributed by atoms with Gasteiger partial charge in [-0.05, 0) is 36.4 Å². The number of barbiturate groups is 1. The van der Waals surface area contributed by atoms with Gasteiger partial charge in [0.25, 0.3) is 11.8 Å². The number of rotatable bonds is 5. The van der Waals surface area contributed by atoms with E-state index in [4.69, 9.17) is 4.74 Å². The topological polar surface area (TPSA) is 117 Å². The molecule has 5 amide bonds. The van der Waals surface area contributed by atoms with Crippen LogP contribution in [0.5, 0.6) is 5.75 Å². The number of methoxy groups -OCH3 is 1. The number of nitrogens with zero attached hydrogens (tertiary/aromatic N) is 2. The summed E-state index contributed by atoms with van der Waals surface area (Å²) in [4.78, 5) is 49.6. The Hall–Kier alpha value is -4.01. The zero-order chi connectivity index (χ0) is 20.1. The number of amides is 5. The van der Waals surface area contributed by atoms with Gasteiger partial charge in [-0.2, -0.15) is 5.10 Å². The molecular formula is C19H16N4O5. The summed E-state index contributed by atoms with van der Waals surface area (Å²) >= 11 is 0. The molecule has 3 rings (SSSR count). The zero-order valence-electron chi connectivity index (χ0n) is 14.8. The highest BCUT2D eigenvalue weighted by Gasteiger charge is 2.40. The van der Waals surface area contributed by atoms with Crippen LogP contribution in [0.2, 0.25) is 0 Å². The average molecular weight is 380 g/mol. The van der Waals surface area contributed by atoms with Crippen LogP contribution in [0, 0.1) is 5.92 Å². The maximum Gasteiger partial charge on any atom is 0.335 e. The molecule has 1 aliphatic rings. The van der Waals surface area contributed by atoms with Crippen LogP contribution in [-0.2, 0) is 9.59 Å². The molecule has 9 heteroatoms. The van der Waals surface area contributed by atoms with Gasteiger partial charge in [-0.3, -0.25) is 19.7 Å². The van der Waals surface area contributed by atoms with E-state index < -0.39 is 29.7 Å². The van der Waals surface area contributed by atoms with Gasteiger partial charge in [0.1, 0.15) is 5.75 Å². The van der Waals surface area contributed by atoms with Gasteiger partial charge in [0.15, 0.2) is 5.92 Å². The molecule has 28 heavy (non-hydrogen) atoms. The van der Waals surface area contributed by atoms with E-state index in [1.807, 2.05) is 0 Å². The van der Waals surface area contributed by atoms with Crippen molar-refractivity contribution in [2.75, 3.05) is 12.0 Å². The Kier molecular flexibility index (Phi) is 5.45. The molecule has 1 heterocycles. The van der Waals surface area contributed by atoms with Gasteiger partial charge in [-0.25, -0.2) is 15.1 Å². The van der Waals surface area contributed by atoms with Gasteiger partial charge >= 0.3 is 6.03 Å². The number of urea groups is 1. The minimum atomic E-state index is -1.36. The van der Waals surface area contributed by atoms with Gasteiger partial charge < -0.3 is 4.74 Å². The van der Waals surface area contributed by atoms with Crippen molar-refractivity contribution in [3.63, 3.8) is 0 Å². The van der Waals surface area contributed by atoms with Crippen molar-refractivity contribution in [1.29, 1.82) is 0 Å². The SMILES string of the molecule is COc1ccc(N2C(=O)NC(=O)[C@H](/C=N\NC(=O)c3ccccc3)C2=O)cc1. The monoisotopic (exact) mass is 380 g/mol. The van der Waals surface area contributed by atoms with Crippen LogP contribution in [0.15, 0.2) is 59.7 Å². The maximum atomic E-state index is 12.7. The van der Waals surface area contributed by atoms with Gasteiger partial charge in [0.05, 0.1) is 12.8 Å². The molecule has 1 aliphatic heterocycles. The summed E-state index contributed by atoms with van der Waals surface area (Å²) in [5, 5.41) is 5.79. The fraction of sp³-hybridized carbons (Fsp3) is 0.105. The first-order chi connectivity index (χ1) is 13.5. The third kappa shape index (κ3) is 3.88. The molecule has 0 radical (unpaired) electrons. The molecule has 0 aliphatic carbocycles. The minimum Gasteiger partial charge on any atom is -0.497 e. The molecule has 2 aromatic carbocycles. The zero-order valence-corrected chi connectivity index (χ0v) is 14.8. The Labute approximate surface area is 160 Å². The molecule has 2 aromatic rings. The Morgan fingerprint density at radius 1 is 1.11 bits per heavy atom. The van der Waals surface area contributed by atoms with E-state index in [1.165, 1.54) is 19.2 Å². The standard InChI is InChI=1S/C19H16N4O5/c1-28-14-9-7-13(8-10-14)23-18(26)15(17(25)21-19(23)27)11-20-22-16(24)12-5-3-2-4-6-12/h2-11,15H,1H3,(H,22,24)(H,21,25,27)/b20-11-/t15-/m0/s1. The second kappa shape index (κ2) is 8.12. The molecule has 0 bridgehead atoms. The lowest BCUT2D eigenvalue weighted by atomic mass is 10.1. The normalized spacial score (nSPS) is 16.8. The first-order valence-electron chi connectivity index (χ1n) is 8.22. The summed E-state index contributed by atoms with van der Waals surface area (Å²) in [5.74, 6) is -2.92. The van der Waals surface area contributed by atoms with E-state index in [2.05, 4.69) is 15.8 Å². The lowest BCUT2D eigenvalue weighted by Crippen LogP contribution is -2.58. The smallest absolute Gasteiger partial charge is 0.335 e. The fourth-order valence-electron chi connectivity index (χ4n) is 2.52. The molecule has 2 N–H and O–H groups in total. The van der Waals surface area contributed by atoms with Gasteiger partial charge in [-0.15, -0.1) is 0 Å². The highest BCUT2D eigenvalue weighted by Crippen LogP contribution is 2.23. The van der Waals surface area contributed by atoms with Crippen molar-refractivity contribution in [1.82, 2.24) is 10.7 Å². The van der Waals surface area contributed by atoms with Crippen LogP contribution in [0.25, 0.3) is 0 Å². The third-order valence-electron chi connectivity index (χ3n) is 3.96. The van der Waals surface area contributed by atoms with Crippen molar-refractivity contribution >= 4 is 35.7 Å². The van der Waals surface area contributed by atoms with Crippen molar-refractivity contribution in [2.45, 2.75) is 0 Å². The highest BCUT2D eigenvalue weighted by molar-refractivity contribution is 6.32. The van der Waals surface area contributed by atoms with E-state index in [0.717, 1.165) is 11.1 Å². The molecule has 1 saturated heterocycles. The number of hydrazone groups is 1. The van der Waals surface area contributed by atoms with Crippen molar-refractivity contribution in [3.8, 4) is 5.75 Å². The van der Waals surface area contributed by atoms with Gasteiger partial charge in [-0.1, -0.05) is 18.2 Å². The maximum absolute atomic E-state index is 12.7. The van der Waals surface area contributed by atoms with E-state index in [9.17, 15) is 19.2 Å². The molecule has 0 spiro atoms. The quantitative estimate of drug-likeness (QED) is 0.461. The third-order valence-corrected chi connectivity index (χ3v) is 3.96. The van der Waals surface area contributed by atoms with Crippen molar-refractivity contribution in [2.24, 2.45) is 11.0 Å². The molecule has 1 fully saturated rings. The molecule has 0 aromatic heterocycles. The van der Waals surface area contributed by atoms with Crippen LogP contribution in [0.4, 0.5) is 10.5 Å². The van der Waals surface area contributed by atoms with Crippen LogP contribution >= 0.6 is 0 Å². The number of benzene rings is 2. The van der Waals surface area contributed by atoms with E-state index >= 15 is 0 Å². The summed E-state index contributed by atoms with van der Waals surface area (Å²) in [7, 11) is 1.49. The number of hydrogen-bond acceptors (Lipinski definition) is 6. The second-order valence-electron chi connectivity index (χ2n) is 5.73. The van der Waals surface area contributed by atoms with Crippen LogP contribution < -0.4 is 20.4 Å². The highest BCUT2D eigenvalue weighted by atomic mass is 16.5. The molecule has 142 valence electrons. The number of ether oxygens (including phenoxy) is 1. The predicted molar refractivity (Wildman–Crippen MR) is 99.9 cm³/mol. The number of anilines is 1. The summed E-state index contributed by atoms with van der Waals surface area (Å²) in [6, 6.07) is 13.6. The van der Waals surface area contributed by atoms with E-state index in [0.29, 0.717) is 11.3 Å². The van der Waals surface area contributed by atoms with Crippen LogP contribution in [0.1, 0.15) is 10.4 Å². The second-order valence-corrected chi connectivity index (χ2v) is 5.73. The molecule has 9 nitrogen and oxygen atoms in total. The Balaban J connectivity index is 1.74. The lowest BCUT2D eigenvalue weighted by Gasteiger charge is -2.28. The summed E-state index contributed by atoms with van der Waals surface area (Å²) in [5.41, 5.74) is 2.88. The largest absolute Gasteiger partial charge is 0.497 e. The van der Waals surface area contributed by atoms with Gasteiger partial charge in [0.2, 0.25) is 5.91 Å². The van der Waals surface area contributed by atoms with Crippen LogP contribution in [-0.4, -0.2) is 37.1 Å². The number of nitrogens with one attached hydrogen (secondary N) is 2. The summed E-state index contributed by atoms with van der Waals surface area (Å²) < 4.78 is 5.04. The summed E-state index contributed by atoms with van der Waals surface area (Å²) in [6.07, 6.45) is 0.988. The molecular weight excluding hydrogens is 364 g/mol. The first kappa shape index (κ1) is 18.8. The molecule has 1 atom stereocenters. The molecule has 0 unspecified atom stereocenters. The van der Waals surface area contributed by atoms with Crippen molar-refractivity contribution < 1.29 is 23.9 Å². The number of imide groups is 2. The number of carbonyl (C=O) groups is 4. The number of carbonyl (C=O) groups excluding carboxylic acids is 4. The Morgan fingerprint density at radius 3 is 2.43 bits per heavy atom. The van der Waals surface area contributed by atoms with Crippen LogP contribution in [0.3, 0.4) is 0 Å². The van der Waals surface area contributed by atoms with Gasteiger partial charge in [0, 0.05) is 11.8 Å². The Morgan fingerprint density at radius 2 is 1.79 bits per heavy atom. The Bertz CT molecular complexity index is 941.